The van der Waals surface area contributed by atoms with Crippen LogP contribution in [0, 0.1) is 0 Å². The van der Waals surface area contributed by atoms with Crippen LogP contribution in [0.15, 0.2) is 48.5 Å². The van der Waals surface area contributed by atoms with E-state index in [1.165, 1.54) is 11.1 Å². The number of piperazine rings is 1. The van der Waals surface area contributed by atoms with Crippen molar-refractivity contribution in [3.05, 3.63) is 59.7 Å². The summed E-state index contributed by atoms with van der Waals surface area (Å²) in [5, 5.41) is 3.24. The fourth-order valence-corrected chi connectivity index (χ4v) is 4.14. The first kappa shape index (κ1) is 20.7. The molecule has 1 saturated heterocycles. The predicted molar refractivity (Wildman–Crippen MR) is 117 cm³/mol. The van der Waals surface area contributed by atoms with Crippen LogP contribution in [-0.4, -0.2) is 55.2 Å². The highest BCUT2D eigenvalue weighted by molar-refractivity contribution is 5.78. The first-order valence-corrected chi connectivity index (χ1v) is 10.9. The molecule has 2 aliphatic rings. The Balaban J connectivity index is 1.23. The molecule has 0 aliphatic carbocycles. The van der Waals surface area contributed by atoms with E-state index in [1.54, 1.807) is 0 Å². The standard InChI is InChI=1S/C24H31N3O3/c1-2-6-21(20-7-4-3-5-8-20)25-24(28)17-27-13-11-26(12-14-27)16-19-9-10-22-23(15-19)30-18-29-22/h3-5,7-10,15,21H,2,6,11-14,16-18H2,1H3,(H,25,28)/t21-/m1/s1. The van der Waals surface area contributed by atoms with Crippen molar-refractivity contribution in [2.45, 2.75) is 32.4 Å². The highest BCUT2D eigenvalue weighted by Gasteiger charge is 2.21. The number of amides is 1. The molecular weight excluding hydrogens is 378 g/mol. The molecule has 0 saturated carbocycles. The molecule has 1 amide bonds. The van der Waals surface area contributed by atoms with Gasteiger partial charge in [0.15, 0.2) is 11.5 Å². The molecule has 2 aromatic carbocycles. The van der Waals surface area contributed by atoms with Crippen molar-refractivity contribution in [1.29, 1.82) is 0 Å². The lowest BCUT2D eigenvalue weighted by molar-refractivity contribution is -0.123. The van der Waals surface area contributed by atoms with Crippen LogP contribution in [0.3, 0.4) is 0 Å². The first-order valence-electron chi connectivity index (χ1n) is 10.9. The summed E-state index contributed by atoms with van der Waals surface area (Å²) in [4.78, 5) is 17.3. The lowest BCUT2D eigenvalue weighted by atomic mass is 10.0. The maximum atomic E-state index is 12.7. The molecule has 2 aliphatic heterocycles. The van der Waals surface area contributed by atoms with Crippen molar-refractivity contribution >= 4 is 5.91 Å². The van der Waals surface area contributed by atoms with Crippen molar-refractivity contribution in [3.63, 3.8) is 0 Å². The van der Waals surface area contributed by atoms with Crippen molar-refractivity contribution in [2.75, 3.05) is 39.5 Å². The molecule has 0 radical (unpaired) electrons. The maximum Gasteiger partial charge on any atom is 0.234 e. The molecule has 1 fully saturated rings. The topological polar surface area (TPSA) is 54.0 Å². The number of rotatable bonds is 8. The first-order chi connectivity index (χ1) is 14.7. The SMILES string of the molecule is CCC[C@@H](NC(=O)CN1CCN(Cc2ccc3c(c2)OCO3)CC1)c1ccccc1. The average Bonchev–Trinajstić information content (AvgIpc) is 3.23. The molecule has 1 atom stereocenters. The molecule has 4 rings (SSSR count). The quantitative estimate of drug-likeness (QED) is 0.726. The van der Waals surface area contributed by atoms with Crippen LogP contribution < -0.4 is 14.8 Å². The molecule has 160 valence electrons. The Morgan fingerprint density at radius 2 is 1.73 bits per heavy atom. The highest BCUT2D eigenvalue weighted by Crippen LogP contribution is 2.32. The van der Waals surface area contributed by atoms with Gasteiger partial charge in [-0.1, -0.05) is 49.7 Å². The van der Waals surface area contributed by atoms with Crippen LogP contribution in [0.4, 0.5) is 0 Å². The molecule has 6 nitrogen and oxygen atoms in total. The molecule has 0 unspecified atom stereocenters. The van der Waals surface area contributed by atoms with Crippen LogP contribution in [0.25, 0.3) is 0 Å². The number of carbonyl (C=O) groups excluding carboxylic acids is 1. The van der Waals surface area contributed by atoms with E-state index in [0.717, 1.165) is 57.1 Å². The van der Waals surface area contributed by atoms with E-state index >= 15 is 0 Å². The molecule has 0 bridgehead atoms. The van der Waals surface area contributed by atoms with Crippen LogP contribution in [0.5, 0.6) is 11.5 Å². The van der Waals surface area contributed by atoms with Gasteiger partial charge in [-0.15, -0.1) is 0 Å². The van der Waals surface area contributed by atoms with Gasteiger partial charge in [0, 0.05) is 32.7 Å². The summed E-state index contributed by atoms with van der Waals surface area (Å²) in [6, 6.07) is 16.5. The smallest absolute Gasteiger partial charge is 0.234 e. The number of hydrogen-bond acceptors (Lipinski definition) is 5. The third kappa shape index (κ3) is 5.32. The summed E-state index contributed by atoms with van der Waals surface area (Å²) in [6.07, 6.45) is 2.00. The van der Waals surface area contributed by atoms with Crippen LogP contribution in [-0.2, 0) is 11.3 Å². The average molecular weight is 410 g/mol. The van der Waals surface area contributed by atoms with Crippen molar-refractivity contribution in [3.8, 4) is 11.5 Å². The van der Waals surface area contributed by atoms with Gasteiger partial charge in [0.25, 0.3) is 0 Å². The molecule has 1 N–H and O–H groups in total. The lowest BCUT2D eigenvalue weighted by Gasteiger charge is -2.34. The molecule has 6 heteroatoms. The second-order valence-electron chi connectivity index (χ2n) is 8.06. The summed E-state index contributed by atoms with van der Waals surface area (Å²) < 4.78 is 10.9. The highest BCUT2D eigenvalue weighted by atomic mass is 16.7. The molecule has 2 heterocycles. The Bertz CT molecular complexity index is 835. The lowest BCUT2D eigenvalue weighted by Crippen LogP contribution is -2.49. The Morgan fingerprint density at radius 1 is 1.00 bits per heavy atom. The minimum atomic E-state index is 0.0935. The van der Waals surface area contributed by atoms with E-state index in [4.69, 9.17) is 9.47 Å². The van der Waals surface area contributed by atoms with Gasteiger partial charge in [0.2, 0.25) is 12.7 Å². The number of benzene rings is 2. The molecular formula is C24H31N3O3. The Kier molecular flexibility index (Phi) is 6.87. The van der Waals surface area contributed by atoms with Crippen LogP contribution >= 0.6 is 0 Å². The van der Waals surface area contributed by atoms with Crippen molar-refractivity contribution in [1.82, 2.24) is 15.1 Å². The Morgan fingerprint density at radius 3 is 2.50 bits per heavy atom. The van der Waals surface area contributed by atoms with E-state index in [0.29, 0.717) is 13.3 Å². The largest absolute Gasteiger partial charge is 0.454 e. The second kappa shape index (κ2) is 9.96. The second-order valence-corrected chi connectivity index (χ2v) is 8.06. The molecule has 30 heavy (non-hydrogen) atoms. The van der Waals surface area contributed by atoms with Crippen LogP contribution in [0.2, 0.25) is 0 Å². The summed E-state index contributed by atoms with van der Waals surface area (Å²) >= 11 is 0. The number of carbonyl (C=O) groups is 1. The fraction of sp³-hybridized carbons (Fsp3) is 0.458. The summed E-state index contributed by atoms with van der Waals surface area (Å²) in [6.45, 7) is 7.54. The number of hydrogen-bond donors (Lipinski definition) is 1. The number of fused-ring (bicyclic) bond motifs is 1. The van der Waals surface area contributed by atoms with Gasteiger partial charge in [-0.25, -0.2) is 0 Å². The van der Waals surface area contributed by atoms with Gasteiger partial charge in [0.1, 0.15) is 0 Å². The molecule has 0 aromatic heterocycles. The normalized spacial score (nSPS) is 17.6. The Hall–Kier alpha value is -2.57. The van der Waals surface area contributed by atoms with Crippen molar-refractivity contribution in [2.24, 2.45) is 0 Å². The van der Waals surface area contributed by atoms with E-state index < -0.39 is 0 Å². The zero-order valence-corrected chi connectivity index (χ0v) is 17.7. The minimum Gasteiger partial charge on any atom is -0.454 e. The van der Waals surface area contributed by atoms with E-state index in [1.807, 2.05) is 24.3 Å². The number of nitrogens with one attached hydrogen (secondary N) is 1. The van der Waals surface area contributed by atoms with Gasteiger partial charge in [-0.2, -0.15) is 0 Å². The zero-order chi connectivity index (χ0) is 20.8. The Labute approximate surface area is 178 Å². The molecule has 0 spiro atoms. The van der Waals surface area contributed by atoms with Gasteiger partial charge < -0.3 is 14.8 Å². The number of ether oxygens (including phenoxy) is 2. The van der Waals surface area contributed by atoms with Gasteiger partial charge in [0.05, 0.1) is 12.6 Å². The minimum absolute atomic E-state index is 0.0935. The van der Waals surface area contributed by atoms with Crippen LogP contribution in [0.1, 0.15) is 36.9 Å². The maximum absolute atomic E-state index is 12.7. The zero-order valence-electron chi connectivity index (χ0n) is 17.7. The monoisotopic (exact) mass is 409 g/mol. The predicted octanol–water partition coefficient (Wildman–Crippen LogP) is 3.19. The van der Waals surface area contributed by atoms with E-state index in [9.17, 15) is 4.79 Å². The van der Waals surface area contributed by atoms with Crippen molar-refractivity contribution < 1.29 is 14.3 Å². The number of nitrogens with zero attached hydrogens (tertiary/aromatic N) is 2. The third-order valence-electron chi connectivity index (χ3n) is 5.79. The van der Waals surface area contributed by atoms with E-state index in [-0.39, 0.29) is 11.9 Å². The van der Waals surface area contributed by atoms with Gasteiger partial charge in [-0.3, -0.25) is 14.6 Å². The molecule has 2 aromatic rings. The summed E-state index contributed by atoms with van der Waals surface area (Å²) in [5.74, 6) is 1.77. The fourth-order valence-electron chi connectivity index (χ4n) is 4.14. The van der Waals surface area contributed by atoms with Gasteiger partial charge >= 0.3 is 0 Å². The van der Waals surface area contributed by atoms with Gasteiger partial charge in [-0.05, 0) is 29.7 Å². The summed E-state index contributed by atoms with van der Waals surface area (Å²) in [5.41, 5.74) is 2.41. The summed E-state index contributed by atoms with van der Waals surface area (Å²) in [7, 11) is 0. The van der Waals surface area contributed by atoms with E-state index in [2.05, 4.69) is 46.3 Å². The third-order valence-corrected chi connectivity index (χ3v) is 5.79.